The molecule has 3 rings (SSSR count). The highest BCUT2D eigenvalue weighted by atomic mass is 35.5. The van der Waals surface area contributed by atoms with Gasteiger partial charge in [-0.3, -0.25) is 4.79 Å². The maximum atomic E-state index is 12.4. The van der Waals surface area contributed by atoms with Crippen LogP contribution in [0, 0.1) is 0 Å². The van der Waals surface area contributed by atoms with Crippen LogP contribution in [-0.2, 0) is 14.3 Å². The topological polar surface area (TPSA) is 55.4 Å². The summed E-state index contributed by atoms with van der Waals surface area (Å²) in [6.45, 7) is -0.361. The molecule has 0 fully saturated rings. The number of halogens is 1. The number of ether oxygens (including phenoxy) is 1. The minimum Gasteiger partial charge on any atom is -0.452 e. The van der Waals surface area contributed by atoms with E-state index in [9.17, 15) is 9.59 Å². The zero-order chi connectivity index (χ0) is 20.5. The number of esters is 1. The average molecular weight is 406 g/mol. The zero-order valence-corrected chi connectivity index (χ0v) is 16.4. The molecule has 0 aromatic heterocycles. The van der Waals surface area contributed by atoms with Crippen LogP contribution in [0.15, 0.2) is 91.0 Å². The van der Waals surface area contributed by atoms with E-state index in [0.29, 0.717) is 5.02 Å². The molecule has 146 valence electrons. The number of hydrogen-bond acceptors (Lipinski definition) is 3. The van der Waals surface area contributed by atoms with Gasteiger partial charge >= 0.3 is 5.97 Å². The molecule has 0 unspecified atom stereocenters. The monoisotopic (exact) mass is 405 g/mol. The van der Waals surface area contributed by atoms with Crippen molar-refractivity contribution >= 4 is 29.6 Å². The maximum absolute atomic E-state index is 12.4. The van der Waals surface area contributed by atoms with Gasteiger partial charge in [-0.15, -0.1) is 0 Å². The van der Waals surface area contributed by atoms with Crippen molar-refractivity contribution in [2.45, 2.75) is 6.04 Å². The lowest BCUT2D eigenvalue weighted by Crippen LogP contribution is -2.32. The Labute approximate surface area is 174 Å². The van der Waals surface area contributed by atoms with Gasteiger partial charge in [0, 0.05) is 11.1 Å². The fourth-order valence-electron chi connectivity index (χ4n) is 2.78. The number of rotatable bonds is 7. The Hall–Kier alpha value is -3.37. The van der Waals surface area contributed by atoms with Crippen LogP contribution in [0.2, 0.25) is 5.02 Å². The molecule has 0 saturated heterocycles. The summed E-state index contributed by atoms with van der Waals surface area (Å²) < 4.78 is 5.06. The summed E-state index contributed by atoms with van der Waals surface area (Å²) >= 11 is 5.83. The number of amides is 1. The first-order valence-corrected chi connectivity index (χ1v) is 9.49. The van der Waals surface area contributed by atoms with E-state index < -0.39 is 5.97 Å². The van der Waals surface area contributed by atoms with Crippen molar-refractivity contribution in [3.63, 3.8) is 0 Å². The normalized spacial score (nSPS) is 10.8. The minimum absolute atomic E-state index is 0.326. The largest absolute Gasteiger partial charge is 0.452 e. The van der Waals surface area contributed by atoms with Crippen molar-refractivity contribution in [1.82, 2.24) is 5.32 Å². The first-order chi connectivity index (χ1) is 14.1. The van der Waals surface area contributed by atoms with Crippen LogP contribution in [0.1, 0.15) is 22.7 Å². The van der Waals surface area contributed by atoms with Crippen LogP contribution in [0.3, 0.4) is 0 Å². The van der Waals surface area contributed by atoms with E-state index in [-0.39, 0.29) is 18.6 Å². The third-order valence-corrected chi connectivity index (χ3v) is 4.45. The Morgan fingerprint density at radius 1 is 0.862 bits per heavy atom. The Kier molecular flexibility index (Phi) is 7.20. The highest BCUT2D eigenvalue weighted by molar-refractivity contribution is 6.30. The number of nitrogens with one attached hydrogen (secondary N) is 1. The molecule has 5 heteroatoms. The second-order valence-electron chi connectivity index (χ2n) is 6.31. The summed E-state index contributed by atoms with van der Waals surface area (Å²) in [5.74, 6) is -0.970. The molecule has 0 heterocycles. The molecule has 0 bridgehead atoms. The molecular weight excluding hydrogens is 386 g/mol. The van der Waals surface area contributed by atoms with Crippen molar-refractivity contribution in [1.29, 1.82) is 0 Å². The van der Waals surface area contributed by atoms with Crippen molar-refractivity contribution in [2.24, 2.45) is 0 Å². The summed E-state index contributed by atoms with van der Waals surface area (Å²) in [4.78, 5) is 24.3. The van der Waals surface area contributed by atoms with E-state index in [2.05, 4.69) is 5.32 Å². The second kappa shape index (κ2) is 10.2. The lowest BCUT2D eigenvalue weighted by molar-refractivity contribution is -0.143. The van der Waals surface area contributed by atoms with Crippen molar-refractivity contribution in [3.8, 4) is 0 Å². The molecule has 1 N–H and O–H groups in total. The molecule has 0 aliphatic heterocycles. The lowest BCUT2D eigenvalue weighted by atomic mass is 9.99. The molecule has 1 amide bonds. The third-order valence-electron chi connectivity index (χ3n) is 4.20. The smallest absolute Gasteiger partial charge is 0.331 e. The predicted octanol–water partition coefficient (Wildman–Crippen LogP) is 4.80. The Balaban J connectivity index is 1.59. The molecule has 0 aliphatic rings. The van der Waals surface area contributed by atoms with E-state index in [4.69, 9.17) is 16.3 Å². The second-order valence-corrected chi connectivity index (χ2v) is 6.75. The van der Waals surface area contributed by atoms with Gasteiger partial charge in [0.25, 0.3) is 5.91 Å². The maximum Gasteiger partial charge on any atom is 0.331 e. The number of carbonyl (C=O) groups is 2. The van der Waals surface area contributed by atoms with Gasteiger partial charge in [0.05, 0.1) is 6.04 Å². The van der Waals surface area contributed by atoms with Gasteiger partial charge in [0.15, 0.2) is 6.61 Å². The molecule has 0 saturated carbocycles. The van der Waals surface area contributed by atoms with Crippen molar-refractivity contribution < 1.29 is 14.3 Å². The Morgan fingerprint density at radius 2 is 1.41 bits per heavy atom. The zero-order valence-electron chi connectivity index (χ0n) is 15.6. The van der Waals surface area contributed by atoms with Gasteiger partial charge in [-0.2, -0.15) is 0 Å². The molecule has 29 heavy (non-hydrogen) atoms. The molecule has 0 spiro atoms. The van der Waals surface area contributed by atoms with Gasteiger partial charge in [0.2, 0.25) is 0 Å². The summed E-state index contributed by atoms with van der Waals surface area (Å²) in [5, 5.41) is 3.55. The van der Waals surface area contributed by atoms with Crippen LogP contribution < -0.4 is 5.32 Å². The first-order valence-electron chi connectivity index (χ1n) is 9.11. The van der Waals surface area contributed by atoms with Crippen LogP contribution in [0.4, 0.5) is 0 Å². The summed E-state index contributed by atoms with van der Waals surface area (Å²) in [5.41, 5.74) is 2.70. The highest BCUT2D eigenvalue weighted by Crippen LogP contribution is 2.21. The quantitative estimate of drug-likeness (QED) is 0.453. The standard InChI is InChI=1S/C24H20ClNO3/c25-21-14-11-18(12-15-21)13-16-23(28)29-17-22(27)26-24(19-7-3-1-4-8-19)20-9-5-2-6-10-20/h1-16,24H,17H2,(H,26,27)/b16-13+. The third kappa shape index (κ3) is 6.33. The first kappa shape index (κ1) is 20.4. The summed E-state index contributed by atoms with van der Waals surface area (Å²) in [6.07, 6.45) is 2.88. The molecule has 0 aliphatic carbocycles. The van der Waals surface area contributed by atoms with Crippen LogP contribution in [0.25, 0.3) is 6.08 Å². The molecule has 0 radical (unpaired) electrons. The Morgan fingerprint density at radius 3 is 1.97 bits per heavy atom. The van der Waals surface area contributed by atoms with E-state index in [0.717, 1.165) is 16.7 Å². The van der Waals surface area contributed by atoms with Crippen molar-refractivity contribution in [3.05, 3.63) is 113 Å². The summed E-state index contributed by atoms with van der Waals surface area (Å²) in [7, 11) is 0. The van der Waals surface area contributed by atoms with Gasteiger partial charge in [-0.25, -0.2) is 4.79 Å². The van der Waals surface area contributed by atoms with Gasteiger partial charge in [-0.05, 0) is 34.9 Å². The number of carbonyl (C=O) groups excluding carboxylic acids is 2. The lowest BCUT2D eigenvalue weighted by Gasteiger charge is -2.19. The van der Waals surface area contributed by atoms with E-state index in [1.807, 2.05) is 60.7 Å². The fraction of sp³-hybridized carbons (Fsp3) is 0.0833. The molecule has 3 aromatic carbocycles. The van der Waals surface area contributed by atoms with Gasteiger partial charge < -0.3 is 10.1 Å². The Bertz CT molecular complexity index is 931. The molecule has 3 aromatic rings. The number of benzene rings is 3. The van der Waals surface area contributed by atoms with Crippen LogP contribution in [0.5, 0.6) is 0 Å². The summed E-state index contributed by atoms with van der Waals surface area (Å²) in [6, 6.07) is 26.0. The number of hydrogen-bond donors (Lipinski definition) is 1. The van der Waals surface area contributed by atoms with Crippen molar-refractivity contribution in [2.75, 3.05) is 6.61 Å². The van der Waals surface area contributed by atoms with Gasteiger partial charge in [-0.1, -0.05) is 84.4 Å². The van der Waals surface area contributed by atoms with Gasteiger partial charge in [0.1, 0.15) is 0 Å². The van der Waals surface area contributed by atoms with E-state index in [1.54, 1.807) is 30.3 Å². The predicted molar refractivity (Wildman–Crippen MR) is 114 cm³/mol. The van der Waals surface area contributed by atoms with Crippen LogP contribution >= 0.6 is 11.6 Å². The average Bonchev–Trinajstić information content (AvgIpc) is 2.77. The fourth-order valence-corrected chi connectivity index (χ4v) is 2.90. The van der Waals surface area contributed by atoms with Crippen LogP contribution in [-0.4, -0.2) is 18.5 Å². The molecular formula is C24H20ClNO3. The highest BCUT2D eigenvalue weighted by Gasteiger charge is 2.17. The molecule has 0 atom stereocenters. The van der Waals surface area contributed by atoms with E-state index >= 15 is 0 Å². The SMILES string of the molecule is O=C(COC(=O)/C=C/c1ccc(Cl)cc1)NC(c1ccccc1)c1ccccc1. The molecule has 4 nitrogen and oxygen atoms in total. The van der Waals surface area contributed by atoms with E-state index in [1.165, 1.54) is 6.08 Å². The minimum atomic E-state index is -0.592.